The van der Waals surface area contributed by atoms with Gasteiger partial charge in [-0.2, -0.15) is 0 Å². The Morgan fingerprint density at radius 3 is 3.00 bits per heavy atom. The lowest BCUT2D eigenvalue weighted by molar-refractivity contribution is -0.130. The smallest absolute Gasteiger partial charge is 0.249 e. The predicted octanol–water partition coefficient (Wildman–Crippen LogP) is 2.34. The molecule has 1 aromatic carbocycles. The lowest BCUT2D eigenvalue weighted by Crippen LogP contribution is -2.38. The number of carbonyl (C=O) groups is 1. The number of benzene rings is 1. The van der Waals surface area contributed by atoms with Crippen LogP contribution in [-0.2, 0) is 16.0 Å². The molecule has 2 aliphatic rings. The van der Waals surface area contributed by atoms with E-state index in [2.05, 4.69) is 33.4 Å². The molecule has 4 heteroatoms. The highest BCUT2D eigenvalue weighted by atomic mass is 79.9. The molecule has 18 heavy (non-hydrogen) atoms. The van der Waals surface area contributed by atoms with Crippen LogP contribution in [0.3, 0.4) is 0 Å². The number of hydrogen-bond donors (Lipinski definition) is 1. The molecule has 3 nitrogen and oxygen atoms in total. The third-order valence-electron chi connectivity index (χ3n) is 3.69. The molecule has 3 unspecified atom stereocenters. The minimum atomic E-state index is -0.252. The van der Waals surface area contributed by atoms with Gasteiger partial charge in [-0.3, -0.25) is 4.79 Å². The average Bonchev–Trinajstić information content (AvgIpc) is 2.98. The van der Waals surface area contributed by atoms with Gasteiger partial charge in [0.25, 0.3) is 0 Å². The minimum absolute atomic E-state index is 0.0265. The highest BCUT2D eigenvalue weighted by Gasteiger charge is 2.34. The highest BCUT2D eigenvalue weighted by Crippen LogP contribution is 2.35. The summed E-state index contributed by atoms with van der Waals surface area (Å²) in [4.78, 5) is 12.4. The molecule has 1 heterocycles. The summed E-state index contributed by atoms with van der Waals surface area (Å²) < 4.78 is 5.42. The molecule has 0 bridgehead atoms. The summed E-state index contributed by atoms with van der Waals surface area (Å²) >= 11 is 3.67. The second-order valence-electron chi connectivity index (χ2n) is 4.91. The second kappa shape index (κ2) is 5.02. The van der Waals surface area contributed by atoms with E-state index in [9.17, 15) is 4.79 Å². The Bertz CT molecular complexity index is 457. The molecule has 0 spiro atoms. The van der Waals surface area contributed by atoms with Crippen molar-refractivity contribution in [1.82, 2.24) is 5.32 Å². The zero-order chi connectivity index (χ0) is 12.5. The average molecular weight is 310 g/mol. The summed E-state index contributed by atoms with van der Waals surface area (Å²) in [6, 6.07) is 8.36. The monoisotopic (exact) mass is 309 g/mol. The van der Waals surface area contributed by atoms with Crippen molar-refractivity contribution in [1.29, 1.82) is 0 Å². The van der Waals surface area contributed by atoms with Crippen LogP contribution in [0.15, 0.2) is 24.3 Å². The topological polar surface area (TPSA) is 38.3 Å². The van der Waals surface area contributed by atoms with Crippen LogP contribution in [0.25, 0.3) is 0 Å². The molecule has 96 valence electrons. The molecule has 0 saturated carbocycles. The van der Waals surface area contributed by atoms with Crippen LogP contribution in [0.4, 0.5) is 0 Å². The number of hydrogen-bond acceptors (Lipinski definition) is 2. The van der Waals surface area contributed by atoms with Crippen molar-refractivity contribution in [3.8, 4) is 0 Å². The van der Waals surface area contributed by atoms with Gasteiger partial charge in [0.2, 0.25) is 5.91 Å². The first kappa shape index (κ1) is 12.2. The largest absolute Gasteiger partial charge is 0.368 e. The molecule has 1 aromatic rings. The van der Waals surface area contributed by atoms with Crippen LogP contribution in [0.2, 0.25) is 0 Å². The van der Waals surface area contributed by atoms with Gasteiger partial charge in [-0.1, -0.05) is 40.2 Å². The van der Waals surface area contributed by atoms with Gasteiger partial charge < -0.3 is 10.1 Å². The van der Waals surface area contributed by atoms with Crippen molar-refractivity contribution >= 4 is 21.8 Å². The van der Waals surface area contributed by atoms with E-state index in [-0.39, 0.29) is 22.9 Å². The van der Waals surface area contributed by atoms with Crippen molar-refractivity contribution in [3.05, 3.63) is 35.4 Å². The Morgan fingerprint density at radius 2 is 2.22 bits per heavy atom. The third kappa shape index (κ3) is 2.19. The summed E-state index contributed by atoms with van der Waals surface area (Å²) in [6.07, 6.45) is 2.54. The van der Waals surface area contributed by atoms with Gasteiger partial charge in [0, 0.05) is 11.4 Å². The van der Waals surface area contributed by atoms with E-state index in [0.29, 0.717) is 6.61 Å². The number of carbonyl (C=O) groups excluding carboxylic acids is 1. The summed E-state index contributed by atoms with van der Waals surface area (Å²) in [5, 5.41) is 3.12. The maximum Gasteiger partial charge on any atom is 0.249 e. The molecule has 1 saturated heterocycles. The number of ether oxygens (including phenoxy) is 1. The van der Waals surface area contributed by atoms with Crippen LogP contribution >= 0.6 is 15.9 Å². The molecular weight excluding hydrogens is 294 g/mol. The molecule has 1 N–H and O–H groups in total. The summed E-state index contributed by atoms with van der Waals surface area (Å²) in [5.74, 6) is 0.0265. The van der Waals surface area contributed by atoms with E-state index >= 15 is 0 Å². The van der Waals surface area contributed by atoms with Gasteiger partial charge in [-0.15, -0.1) is 0 Å². The summed E-state index contributed by atoms with van der Waals surface area (Å²) in [7, 11) is 0. The van der Waals surface area contributed by atoms with Crippen LogP contribution in [0.1, 0.15) is 30.0 Å². The lowest BCUT2D eigenvalue weighted by atomic mass is 10.1. The quantitative estimate of drug-likeness (QED) is 0.852. The van der Waals surface area contributed by atoms with Gasteiger partial charge in [0.1, 0.15) is 6.10 Å². The molecule has 1 amide bonds. The van der Waals surface area contributed by atoms with Gasteiger partial charge in [0.15, 0.2) is 0 Å². The molecule has 1 aliphatic heterocycles. The normalized spacial score (nSPS) is 30.2. The van der Waals surface area contributed by atoms with Crippen molar-refractivity contribution in [2.24, 2.45) is 0 Å². The zero-order valence-electron chi connectivity index (χ0n) is 10.1. The van der Waals surface area contributed by atoms with E-state index in [1.165, 1.54) is 11.1 Å². The van der Waals surface area contributed by atoms with E-state index in [4.69, 9.17) is 4.74 Å². The lowest BCUT2D eigenvalue weighted by Gasteiger charge is -2.20. The number of fused-ring (bicyclic) bond motifs is 1. The summed E-state index contributed by atoms with van der Waals surface area (Å²) in [6.45, 7) is 0.705. The fourth-order valence-electron chi connectivity index (χ4n) is 2.75. The van der Waals surface area contributed by atoms with Crippen LogP contribution in [0, 0.1) is 0 Å². The molecule has 0 aromatic heterocycles. The maximum atomic E-state index is 12.1. The number of halogens is 1. The van der Waals surface area contributed by atoms with Gasteiger partial charge >= 0.3 is 0 Å². The predicted molar refractivity (Wildman–Crippen MR) is 72.7 cm³/mol. The Balaban J connectivity index is 1.74. The molecule has 3 rings (SSSR count). The number of nitrogens with one attached hydrogen (secondary N) is 1. The molecule has 0 radical (unpaired) electrons. The van der Waals surface area contributed by atoms with E-state index < -0.39 is 0 Å². The fraction of sp³-hybridized carbons (Fsp3) is 0.500. The molecule has 1 fully saturated rings. The van der Waals surface area contributed by atoms with Crippen LogP contribution in [0.5, 0.6) is 0 Å². The van der Waals surface area contributed by atoms with E-state index in [1.807, 2.05) is 12.1 Å². The van der Waals surface area contributed by atoms with E-state index in [1.54, 1.807) is 0 Å². The first-order valence-corrected chi connectivity index (χ1v) is 7.31. The Labute approximate surface area is 115 Å². The van der Waals surface area contributed by atoms with Gasteiger partial charge in [-0.25, -0.2) is 0 Å². The molecule has 1 aliphatic carbocycles. The fourth-order valence-corrected chi connectivity index (χ4v) is 3.51. The number of amides is 1. The molecule has 3 atom stereocenters. The van der Waals surface area contributed by atoms with Crippen molar-refractivity contribution in [2.45, 2.75) is 36.2 Å². The minimum Gasteiger partial charge on any atom is -0.368 e. The molecular formula is C14H16BrNO2. The second-order valence-corrected chi connectivity index (χ2v) is 6.08. The maximum absolute atomic E-state index is 12.1. The van der Waals surface area contributed by atoms with E-state index in [0.717, 1.165) is 19.3 Å². The van der Waals surface area contributed by atoms with Crippen molar-refractivity contribution in [3.63, 3.8) is 0 Å². The number of alkyl halides is 1. The van der Waals surface area contributed by atoms with Gasteiger partial charge in [-0.05, 0) is 30.4 Å². The Hall–Kier alpha value is -0.870. The highest BCUT2D eigenvalue weighted by molar-refractivity contribution is 9.09. The van der Waals surface area contributed by atoms with Crippen molar-refractivity contribution < 1.29 is 9.53 Å². The SMILES string of the molecule is O=C(NC1c2ccccc2CC1Br)C1CCCO1. The Morgan fingerprint density at radius 1 is 1.39 bits per heavy atom. The standard InChI is InChI=1S/C14H16BrNO2/c15-11-8-9-4-1-2-5-10(9)13(11)16-14(17)12-6-3-7-18-12/h1-2,4-5,11-13H,3,6-8H2,(H,16,17). The number of rotatable bonds is 2. The third-order valence-corrected chi connectivity index (χ3v) is 4.54. The van der Waals surface area contributed by atoms with Crippen LogP contribution in [-0.4, -0.2) is 23.4 Å². The Kier molecular flexibility index (Phi) is 3.39. The zero-order valence-corrected chi connectivity index (χ0v) is 11.7. The first-order chi connectivity index (χ1) is 8.75. The summed E-state index contributed by atoms with van der Waals surface area (Å²) in [5.41, 5.74) is 2.54. The van der Waals surface area contributed by atoms with Gasteiger partial charge in [0.05, 0.1) is 6.04 Å². The van der Waals surface area contributed by atoms with Crippen molar-refractivity contribution in [2.75, 3.05) is 6.61 Å². The van der Waals surface area contributed by atoms with Crippen LogP contribution < -0.4 is 5.32 Å². The first-order valence-electron chi connectivity index (χ1n) is 6.39.